The number of carbonyl (C=O) groups excluding carboxylic acids is 1. The number of rotatable bonds is 2. The number of hydrogen-bond donors (Lipinski definition) is 2. The molecule has 0 aromatic carbocycles. The molecule has 2 unspecified atom stereocenters. The van der Waals surface area contributed by atoms with Crippen molar-refractivity contribution in [3.8, 4) is 6.07 Å². The molecule has 0 spiro atoms. The molecule has 112 valence electrons. The highest BCUT2D eigenvalue weighted by Gasteiger charge is 2.34. The summed E-state index contributed by atoms with van der Waals surface area (Å²) >= 11 is 0. The molecule has 1 aromatic rings. The summed E-state index contributed by atoms with van der Waals surface area (Å²) in [5.74, 6) is 0.131. The Kier molecular flexibility index (Phi) is 4.02. The Hall–Kier alpha value is -2.30. The summed E-state index contributed by atoms with van der Waals surface area (Å²) < 4.78 is 38.0. The number of nitriles is 1. The van der Waals surface area contributed by atoms with Crippen molar-refractivity contribution in [2.45, 2.75) is 38.0 Å². The molecule has 1 saturated heterocycles. The zero-order valence-electron chi connectivity index (χ0n) is 11.2. The number of nitrogens with one attached hydrogen (secondary N) is 2. The molecule has 2 atom stereocenters. The van der Waals surface area contributed by atoms with Crippen molar-refractivity contribution in [3.63, 3.8) is 0 Å². The van der Waals surface area contributed by atoms with Gasteiger partial charge >= 0.3 is 6.18 Å². The van der Waals surface area contributed by atoms with E-state index in [-0.39, 0.29) is 23.8 Å². The average molecular weight is 298 g/mol. The molecule has 2 N–H and O–H groups in total. The number of piperidine rings is 1. The van der Waals surface area contributed by atoms with Gasteiger partial charge in [0.05, 0.1) is 5.56 Å². The molecule has 2 rings (SSSR count). The Bertz CT molecular complexity index is 594. The highest BCUT2D eigenvalue weighted by molar-refractivity contribution is 5.77. The maximum atomic E-state index is 12.7. The second kappa shape index (κ2) is 5.60. The van der Waals surface area contributed by atoms with Crippen LogP contribution in [0.3, 0.4) is 0 Å². The number of hydrogen-bond acceptors (Lipinski definition) is 4. The first kappa shape index (κ1) is 15.1. The molecular weight excluding hydrogens is 285 g/mol. The number of amides is 1. The van der Waals surface area contributed by atoms with Gasteiger partial charge in [-0.05, 0) is 25.5 Å². The Balaban J connectivity index is 2.19. The number of nitrogens with zero attached hydrogens (tertiary/aromatic N) is 2. The van der Waals surface area contributed by atoms with Crippen molar-refractivity contribution in [1.82, 2.24) is 10.3 Å². The topological polar surface area (TPSA) is 77.8 Å². The Morgan fingerprint density at radius 3 is 2.76 bits per heavy atom. The molecule has 1 amide bonds. The van der Waals surface area contributed by atoms with Crippen molar-refractivity contribution in [1.29, 1.82) is 5.26 Å². The Labute approximate surface area is 119 Å². The van der Waals surface area contributed by atoms with E-state index in [1.54, 1.807) is 6.92 Å². The summed E-state index contributed by atoms with van der Waals surface area (Å²) in [6.45, 7) is 1.80. The first-order valence-corrected chi connectivity index (χ1v) is 6.35. The monoisotopic (exact) mass is 298 g/mol. The first-order chi connectivity index (χ1) is 9.81. The minimum absolute atomic E-state index is 0.0568. The van der Waals surface area contributed by atoms with Gasteiger partial charge < -0.3 is 10.6 Å². The Morgan fingerprint density at radius 2 is 2.19 bits per heavy atom. The van der Waals surface area contributed by atoms with Crippen LogP contribution in [0.4, 0.5) is 19.0 Å². The molecule has 21 heavy (non-hydrogen) atoms. The van der Waals surface area contributed by atoms with Crippen molar-refractivity contribution >= 4 is 11.7 Å². The van der Waals surface area contributed by atoms with Gasteiger partial charge in [0.2, 0.25) is 5.91 Å². The highest BCUT2D eigenvalue weighted by atomic mass is 19.4. The number of anilines is 1. The third kappa shape index (κ3) is 3.42. The predicted octanol–water partition coefficient (Wildman–Crippen LogP) is 2.05. The summed E-state index contributed by atoms with van der Waals surface area (Å²) in [5.41, 5.74) is -1.72. The van der Waals surface area contributed by atoms with Gasteiger partial charge in [0.25, 0.3) is 0 Å². The first-order valence-electron chi connectivity index (χ1n) is 6.35. The standard InChI is InChI=1S/C13H13F3N4O/c1-7-9(3-5-12(21)18-7)19-11-4-2-8(13(14,15)16)10(6-17)20-11/h2,4,7,9H,3,5H2,1H3,(H,18,21)(H,19,20). The summed E-state index contributed by atoms with van der Waals surface area (Å²) in [7, 11) is 0. The second-order valence-corrected chi connectivity index (χ2v) is 4.85. The largest absolute Gasteiger partial charge is 0.419 e. The molecule has 0 aliphatic carbocycles. The van der Waals surface area contributed by atoms with Gasteiger partial charge in [0.1, 0.15) is 11.9 Å². The van der Waals surface area contributed by atoms with E-state index in [1.807, 2.05) is 0 Å². The van der Waals surface area contributed by atoms with Crippen LogP contribution in [-0.2, 0) is 11.0 Å². The van der Waals surface area contributed by atoms with E-state index < -0.39 is 17.4 Å². The SMILES string of the molecule is CC1NC(=O)CCC1Nc1ccc(C(F)(F)F)c(C#N)n1. The van der Waals surface area contributed by atoms with E-state index in [9.17, 15) is 18.0 Å². The molecule has 0 bridgehead atoms. The maximum absolute atomic E-state index is 12.7. The summed E-state index contributed by atoms with van der Waals surface area (Å²) in [6.07, 6.45) is -3.71. The predicted molar refractivity (Wildman–Crippen MR) is 68.2 cm³/mol. The fourth-order valence-corrected chi connectivity index (χ4v) is 2.20. The number of alkyl halides is 3. The molecule has 1 aromatic heterocycles. The van der Waals surface area contributed by atoms with Crippen molar-refractivity contribution < 1.29 is 18.0 Å². The summed E-state index contributed by atoms with van der Waals surface area (Å²) in [5, 5.41) is 14.5. The third-order valence-electron chi connectivity index (χ3n) is 3.31. The molecule has 2 heterocycles. The van der Waals surface area contributed by atoms with E-state index in [2.05, 4.69) is 15.6 Å². The van der Waals surface area contributed by atoms with Crippen LogP contribution in [0.15, 0.2) is 12.1 Å². The summed E-state index contributed by atoms with van der Waals surface area (Å²) in [6, 6.07) is 3.17. The zero-order valence-corrected chi connectivity index (χ0v) is 11.2. The van der Waals surface area contributed by atoms with E-state index in [0.717, 1.165) is 6.07 Å². The van der Waals surface area contributed by atoms with E-state index in [4.69, 9.17) is 5.26 Å². The minimum Gasteiger partial charge on any atom is -0.365 e. The fourth-order valence-electron chi connectivity index (χ4n) is 2.20. The lowest BCUT2D eigenvalue weighted by atomic mass is 9.99. The van der Waals surface area contributed by atoms with Crippen LogP contribution in [-0.4, -0.2) is 23.0 Å². The maximum Gasteiger partial charge on any atom is 0.419 e. The molecule has 5 nitrogen and oxygen atoms in total. The molecule has 1 fully saturated rings. The van der Waals surface area contributed by atoms with Crippen LogP contribution >= 0.6 is 0 Å². The normalized spacial score (nSPS) is 22.3. The van der Waals surface area contributed by atoms with Crippen LogP contribution in [0.5, 0.6) is 0 Å². The van der Waals surface area contributed by atoms with Crippen LogP contribution in [0.25, 0.3) is 0 Å². The van der Waals surface area contributed by atoms with Crippen LogP contribution < -0.4 is 10.6 Å². The van der Waals surface area contributed by atoms with Gasteiger partial charge in [-0.3, -0.25) is 4.79 Å². The minimum atomic E-state index is -4.61. The van der Waals surface area contributed by atoms with Gasteiger partial charge in [-0.2, -0.15) is 18.4 Å². The zero-order chi connectivity index (χ0) is 15.6. The van der Waals surface area contributed by atoms with Gasteiger partial charge in [0, 0.05) is 18.5 Å². The van der Waals surface area contributed by atoms with Crippen molar-refractivity contribution in [2.24, 2.45) is 0 Å². The fraction of sp³-hybridized carbons (Fsp3) is 0.462. The number of pyridine rings is 1. The number of halogens is 3. The average Bonchev–Trinajstić information content (AvgIpc) is 2.40. The quantitative estimate of drug-likeness (QED) is 0.876. The van der Waals surface area contributed by atoms with E-state index >= 15 is 0 Å². The summed E-state index contributed by atoms with van der Waals surface area (Å²) in [4.78, 5) is 14.9. The lowest BCUT2D eigenvalue weighted by molar-refractivity contribution is -0.138. The molecule has 0 saturated carbocycles. The van der Waals surface area contributed by atoms with Gasteiger partial charge in [-0.15, -0.1) is 0 Å². The van der Waals surface area contributed by atoms with Crippen LogP contribution in [0, 0.1) is 11.3 Å². The van der Waals surface area contributed by atoms with Crippen molar-refractivity contribution in [3.05, 3.63) is 23.4 Å². The third-order valence-corrected chi connectivity index (χ3v) is 3.31. The van der Waals surface area contributed by atoms with Crippen LogP contribution in [0.1, 0.15) is 31.0 Å². The molecule has 1 aliphatic rings. The van der Waals surface area contributed by atoms with Gasteiger partial charge in [0.15, 0.2) is 5.69 Å². The van der Waals surface area contributed by atoms with Gasteiger partial charge in [-0.25, -0.2) is 4.98 Å². The Morgan fingerprint density at radius 1 is 1.48 bits per heavy atom. The van der Waals surface area contributed by atoms with E-state index in [0.29, 0.717) is 12.8 Å². The van der Waals surface area contributed by atoms with E-state index in [1.165, 1.54) is 12.1 Å². The lowest BCUT2D eigenvalue weighted by Crippen LogP contribution is -2.49. The smallest absolute Gasteiger partial charge is 0.365 e. The molecule has 0 radical (unpaired) electrons. The molecule has 1 aliphatic heterocycles. The van der Waals surface area contributed by atoms with Crippen LogP contribution in [0.2, 0.25) is 0 Å². The number of aromatic nitrogens is 1. The second-order valence-electron chi connectivity index (χ2n) is 4.85. The van der Waals surface area contributed by atoms with Crippen molar-refractivity contribution in [2.75, 3.05) is 5.32 Å². The molecule has 8 heteroatoms. The lowest BCUT2D eigenvalue weighted by Gasteiger charge is -2.30. The highest BCUT2D eigenvalue weighted by Crippen LogP contribution is 2.31. The number of carbonyl (C=O) groups is 1. The van der Waals surface area contributed by atoms with Gasteiger partial charge in [-0.1, -0.05) is 0 Å². The molecular formula is C13H13F3N4O.